The fourth-order valence-corrected chi connectivity index (χ4v) is 3.03. The van der Waals surface area contributed by atoms with Crippen molar-refractivity contribution in [3.63, 3.8) is 0 Å². The first-order valence-electron chi connectivity index (χ1n) is 8.10. The van der Waals surface area contributed by atoms with Crippen molar-refractivity contribution in [2.75, 3.05) is 6.54 Å². The second kappa shape index (κ2) is 6.91. The molecule has 3 rings (SSSR count). The van der Waals surface area contributed by atoms with Crippen LogP contribution in [0.2, 0.25) is 0 Å². The van der Waals surface area contributed by atoms with Gasteiger partial charge in [-0.25, -0.2) is 0 Å². The first-order chi connectivity index (χ1) is 12.3. The highest BCUT2D eigenvalue weighted by atomic mass is 16.4. The molecule has 0 radical (unpaired) electrons. The maximum atomic E-state index is 12.1. The smallest absolute Gasteiger partial charge is 0.322 e. The lowest BCUT2D eigenvalue weighted by atomic mass is 9.88. The summed E-state index contributed by atoms with van der Waals surface area (Å²) in [5.74, 6) is -2.72. The molecule has 2 aromatic rings. The van der Waals surface area contributed by atoms with E-state index in [1.54, 1.807) is 31.2 Å². The third-order valence-electron chi connectivity index (χ3n) is 4.32. The van der Waals surface area contributed by atoms with Crippen molar-refractivity contribution >= 4 is 34.6 Å². The normalized spacial score (nSPS) is 17.0. The number of nitrogens with zero attached hydrogens (tertiary/aromatic N) is 1. The minimum atomic E-state index is -1.13. The number of aryl methyl sites for hydroxylation is 1. The zero-order valence-corrected chi connectivity index (χ0v) is 14.0. The van der Waals surface area contributed by atoms with Crippen molar-refractivity contribution in [3.05, 3.63) is 41.1 Å². The zero-order valence-electron chi connectivity index (χ0n) is 14.0. The van der Waals surface area contributed by atoms with E-state index in [0.29, 0.717) is 34.1 Å². The predicted molar refractivity (Wildman–Crippen MR) is 91.6 cm³/mol. The number of piperidine rings is 1. The quantitative estimate of drug-likeness (QED) is 0.699. The molecule has 3 N–H and O–H groups in total. The summed E-state index contributed by atoms with van der Waals surface area (Å²) in [6, 6.07) is 6.64. The van der Waals surface area contributed by atoms with Gasteiger partial charge >= 0.3 is 5.97 Å². The number of aromatic nitrogens is 1. The average Bonchev–Trinajstić information content (AvgIpc) is 2.59. The van der Waals surface area contributed by atoms with Gasteiger partial charge in [0.25, 0.3) is 5.91 Å². The molecular weight excluding hydrogens is 338 g/mol. The Labute approximate surface area is 148 Å². The van der Waals surface area contributed by atoms with Crippen LogP contribution in [0.5, 0.6) is 0 Å². The zero-order chi connectivity index (χ0) is 18.8. The largest absolute Gasteiger partial charge is 0.480 e. The summed E-state index contributed by atoms with van der Waals surface area (Å²) < 4.78 is 0. The van der Waals surface area contributed by atoms with Crippen LogP contribution in [0.15, 0.2) is 24.3 Å². The van der Waals surface area contributed by atoms with Crippen LogP contribution < -0.4 is 10.6 Å². The number of fused-ring (bicyclic) bond motifs is 1. The van der Waals surface area contributed by atoms with Gasteiger partial charge in [-0.1, -0.05) is 0 Å². The van der Waals surface area contributed by atoms with Gasteiger partial charge in [0.15, 0.2) is 0 Å². The highest BCUT2D eigenvalue weighted by molar-refractivity contribution is 6.02. The van der Waals surface area contributed by atoms with E-state index in [9.17, 15) is 19.2 Å². The summed E-state index contributed by atoms with van der Waals surface area (Å²) >= 11 is 0. The molecule has 0 spiro atoms. The molecule has 1 aliphatic rings. The van der Waals surface area contributed by atoms with Crippen LogP contribution >= 0.6 is 0 Å². The van der Waals surface area contributed by atoms with E-state index < -0.39 is 24.3 Å². The highest BCUT2D eigenvalue weighted by Crippen LogP contribution is 2.29. The first kappa shape index (κ1) is 17.5. The number of nitrogens with one attached hydrogen (secondary N) is 2. The number of hydrogen-bond acceptors (Lipinski definition) is 5. The van der Waals surface area contributed by atoms with Gasteiger partial charge in [-0.3, -0.25) is 29.5 Å². The number of benzene rings is 1. The Morgan fingerprint density at radius 2 is 2.08 bits per heavy atom. The Balaban J connectivity index is 1.95. The number of aliphatic carboxylic acids is 1. The van der Waals surface area contributed by atoms with Crippen molar-refractivity contribution in [2.45, 2.75) is 25.7 Å². The van der Waals surface area contributed by atoms with E-state index in [2.05, 4.69) is 15.6 Å². The van der Waals surface area contributed by atoms with Gasteiger partial charge in [0.2, 0.25) is 11.8 Å². The van der Waals surface area contributed by atoms with E-state index in [1.165, 1.54) is 0 Å². The third kappa shape index (κ3) is 3.53. The Kier molecular flexibility index (Phi) is 4.66. The molecule has 0 saturated carbocycles. The van der Waals surface area contributed by atoms with Crippen LogP contribution in [0.4, 0.5) is 0 Å². The van der Waals surface area contributed by atoms with Crippen molar-refractivity contribution in [1.29, 1.82) is 0 Å². The predicted octanol–water partition coefficient (Wildman–Crippen LogP) is 0.878. The number of rotatable bonds is 4. The van der Waals surface area contributed by atoms with Crippen molar-refractivity contribution in [1.82, 2.24) is 15.6 Å². The molecule has 0 bridgehead atoms. The van der Waals surface area contributed by atoms with E-state index in [4.69, 9.17) is 5.11 Å². The van der Waals surface area contributed by atoms with Gasteiger partial charge in [0.05, 0.1) is 11.4 Å². The van der Waals surface area contributed by atoms with Crippen LogP contribution in [0.1, 0.15) is 40.4 Å². The van der Waals surface area contributed by atoms with Crippen LogP contribution in [-0.2, 0) is 14.4 Å². The molecule has 1 aromatic heterocycles. The number of amides is 3. The molecule has 8 heteroatoms. The van der Waals surface area contributed by atoms with Gasteiger partial charge in [0, 0.05) is 23.1 Å². The number of carbonyl (C=O) groups is 4. The molecule has 134 valence electrons. The second-order valence-electron chi connectivity index (χ2n) is 6.15. The third-order valence-corrected chi connectivity index (χ3v) is 4.32. The van der Waals surface area contributed by atoms with E-state index in [1.807, 2.05) is 0 Å². The maximum Gasteiger partial charge on any atom is 0.322 e. The lowest BCUT2D eigenvalue weighted by Gasteiger charge is -2.22. The fourth-order valence-electron chi connectivity index (χ4n) is 3.03. The van der Waals surface area contributed by atoms with Crippen LogP contribution in [0, 0.1) is 6.92 Å². The lowest BCUT2D eigenvalue weighted by Crippen LogP contribution is -2.39. The van der Waals surface area contributed by atoms with Crippen LogP contribution in [0.25, 0.3) is 10.9 Å². The minimum absolute atomic E-state index is 0.269. The van der Waals surface area contributed by atoms with Crippen molar-refractivity contribution in [2.24, 2.45) is 0 Å². The molecule has 1 aliphatic heterocycles. The number of carbonyl (C=O) groups excluding carboxylic acids is 3. The van der Waals surface area contributed by atoms with Crippen LogP contribution in [0.3, 0.4) is 0 Å². The highest BCUT2D eigenvalue weighted by Gasteiger charge is 2.29. The number of hydrogen-bond donors (Lipinski definition) is 3. The fraction of sp³-hybridized carbons (Fsp3) is 0.278. The number of carboxylic acid groups (broad SMARTS) is 1. The Hall–Kier alpha value is -3.29. The minimum Gasteiger partial charge on any atom is -0.480 e. The van der Waals surface area contributed by atoms with Gasteiger partial charge in [-0.2, -0.15) is 0 Å². The summed E-state index contributed by atoms with van der Waals surface area (Å²) in [5, 5.41) is 14.0. The monoisotopic (exact) mass is 355 g/mol. The van der Waals surface area contributed by atoms with E-state index >= 15 is 0 Å². The summed E-state index contributed by atoms with van der Waals surface area (Å²) in [6.45, 7) is 1.33. The summed E-state index contributed by atoms with van der Waals surface area (Å²) in [6.07, 6.45) is 0.684. The number of imide groups is 1. The average molecular weight is 355 g/mol. The lowest BCUT2D eigenvalue weighted by molar-refractivity contribution is -0.136. The molecule has 3 amide bonds. The van der Waals surface area contributed by atoms with E-state index in [0.717, 1.165) is 0 Å². The standard InChI is InChI=1S/C18H17N3O5/c1-9-13(12-3-5-15(22)21-18(12)26)7-11-6-10(2-4-14(11)20-9)17(25)19-8-16(23)24/h2,4,6-7,12H,3,5,8H2,1H3,(H,19,25)(H,23,24)(H,21,22,26). The molecular formula is C18H17N3O5. The first-order valence-corrected chi connectivity index (χ1v) is 8.10. The van der Waals surface area contributed by atoms with Crippen molar-refractivity contribution < 1.29 is 24.3 Å². The van der Waals surface area contributed by atoms with Crippen LogP contribution in [-0.4, -0.2) is 40.3 Å². The summed E-state index contributed by atoms with van der Waals surface area (Å²) in [7, 11) is 0. The van der Waals surface area contributed by atoms with Crippen molar-refractivity contribution in [3.8, 4) is 0 Å². The number of carboxylic acids is 1. The molecule has 1 fully saturated rings. The van der Waals surface area contributed by atoms with Gasteiger partial charge in [-0.05, 0) is 43.2 Å². The topological polar surface area (TPSA) is 125 Å². The number of pyridine rings is 1. The molecule has 8 nitrogen and oxygen atoms in total. The summed E-state index contributed by atoms with van der Waals surface area (Å²) in [5.41, 5.74) is 2.37. The molecule has 26 heavy (non-hydrogen) atoms. The van der Waals surface area contributed by atoms with Gasteiger partial charge in [-0.15, -0.1) is 0 Å². The molecule has 1 aromatic carbocycles. The molecule has 1 saturated heterocycles. The second-order valence-corrected chi connectivity index (χ2v) is 6.15. The molecule has 2 heterocycles. The molecule has 0 aliphatic carbocycles. The SMILES string of the molecule is Cc1nc2ccc(C(=O)NCC(=O)O)cc2cc1C1CCC(=O)NC1=O. The summed E-state index contributed by atoms with van der Waals surface area (Å²) in [4.78, 5) is 50.6. The Morgan fingerprint density at radius 3 is 2.77 bits per heavy atom. The van der Waals surface area contributed by atoms with Gasteiger partial charge in [0.1, 0.15) is 6.54 Å². The molecule has 1 unspecified atom stereocenters. The van der Waals surface area contributed by atoms with E-state index in [-0.39, 0.29) is 18.2 Å². The Morgan fingerprint density at radius 1 is 1.31 bits per heavy atom. The Bertz CT molecular complexity index is 938. The van der Waals surface area contributed by atoms with Gasteiger partial charge < -0.3 is 10.4 Å². The molecule has 1 atom stereocenters. The maximum absolute atomic E-state index is 12.1.